The molecular formula is C19H22ClN3O4S2. The number of carboxylic acid groups (broad SMARTS) is 1. The van der Waals surface area contributed by atoms with Gasteiger partial charge in [-0.05, 0) is 17.7 Å². The molecule has 0 radical (unpaired) electrons. The molecule has 0 spiro atoms. The van der Waals surface area contributed by atoms with Gasteiger partial charge in [0, 0.05) is 36.6 Å². The van der Waals surface area contributed by atoms with E-state index in [0.29, 0.717) is 23.2 Å². The standard InChI is InChI=1S/C19H22ClN3O4S2/c20-14-3-1-13(2-4-14)9-23-5-6-27-16(10-23)8-21-17(24)12-29-19-22-15(11-28-19)7-18(25)26/h1-4,11,16H,5-10,12H2,(H,21,24)(H,25,26). The van der Waals surface area contributed by atoms with Crippen molar-refractivity contribution < 1.29 is 19.4 Å². The highest BCUT2D eigenvalue weighted by Gasteiger charge is 2.21. The number of carboxylic acids is 1. The van der Waals surface area contributed by atoms with E-state index < -0.39 is 5.97 Å². The summed E-state index contributed by atoms with van der Waals surface area (Å²) >= 11 is 8.59. The fourth-order valence-electron chi connectivity index (χ4n) is 2.89. The second-order valence-electron chi connectivity index (χ2n) is 6.62. The lowest BCUT2D eigenvalue weighted by Crippen LogP contribution is -2.47. The van der Waals surface area contributed by atoms with Gasteiger partial charge in [-0.25, -0.2) is 4.98 Å². The molecule has 2 N–H and O–H groups in total. The number of rotatable bonds is 9. The lowest BCUT2D eigenvalue weighted by Gasteiger charge is -2.33. The molecule has 10 heteroatoms. The second kappa shape index (κ2) is 10.9. The molecule has 1 aromatic heterocycles. The fraction of sp³-hybridized carbons (Fsp3) is 0.421. The van der Waals surface area contributed by atoms with Crippen LogP contribution in [0.1, 0.15) is 11.3 Å². The molecule has 0 bridgehead atoms. The zero-order chi connectivity index (χ0) is 20.6. The van der Waals surface area contributed by atoms with Gasteiger partial charge in [0.2, 0.25) is 5.91 Å². The lowest BCUT2D eigenvalue weighted by atomic mass is 10.2. The number of benzene rings is 1. The van der Waals surface area contributed by atoms with Crippen molar-refractivity contribution >= 4 is 46.6 Å². The first-order chi connectivity index (χ1) is 14.0. The summed E-state index contributed by atoms with van der Waals surface area (Å²) in [5.74, 6) is -0.771. The second-order valence-corrected chi connectivity index (χ2v) is 9.14. The summed E-state index contributed by atoms with van der Waals surface area (Å²) in [4.78, 5) is 29.3. The van der Waals surface area contributed by atoms with Crippen molar-refractivity contribution in [2.24, 2.45) is 0 Å². The Bertz CT molecular complexity index is 831. The molecule has 7 nitrogen and oxygen atoms in total. The first kappa shape index (κ1) is 22.0. The number of carbonyl (C=O) groups excluding carboxylic acids is 1. The van der Waals surface area contributed by atoms with Gasteiger partial charge in [0.15, 0.2) is 4.34 Å². The van der Waals surface area contributed by atoms with Crippen LogP contribution in [-0.2, 0) is 27.3 Å². The summed E-state index contributed by atoms with van der Waals surface area (Å²) in [7, 11) is 0. The quantitative estimate of drug-likeness (QED) is 0.561. The molecule has 1 amide bonds. The number of amides is 1. The normalized spacial score (nSPS) is 17.2. The molecule has 3 rings (SSSR count). The summed E-state index contributed by atoms with van der Waals surface area (Å²) in [5.41, 5.74) is 1.71. The largest absolute Gasteiger partial charge is 0.481 e. The number of halogens is 1. The number of aliphatic carboxylic acids is 1. The van der Waals surface area contributed by atoms with Gasteiger partial charge in [0.1, 0.15) is 0 Å². The number of aromatic nitrogens is 1. The van der Waals surface area contributed by atoms with Crippen LogP contribution in [0.25, 0.3) is 0 Å². The summed E-state index contributed by atoms with van der Waals surface area (Å²) in [6.45, 7) is 3.52. The fourth-order valence-corrected chi connectivity index (χ4v) is 4.69. The maximum Gasteiger partial charge on any atom is 0.309 e. The molecule has 1 unspecified atom stereocenters. The topological polar surface area (TPSA) is 91.8 Å². The minimum Gasteiger partial charge on any atom is -0.481 e. The monoisotopic (exact) mass is 455 g/mol. The number of thiazole rings is 1. The third-order valence-corrected chi connectivity index (χ3v) is 6.58. The zero-order valence-electron chi connectivity index (χ0n) is 15.7. The molecule has 0 saturated carbocycles. The molecule has 29 heavy (non-hydrogen) atoms. The van der Waals surface area contributed by atoms with Gasteiger partial charge in [0.05, 0.1) is 30.6 Å². The lowest BCUT2D eigenvalue weighted by molar-refractivity contribution is -0.136. The first-order valence-corrected chi connectivity index (χ1v) is 11.4. The van der Waals surface area contributed by atoms with Gasteiger partial charge < -0.3 is 15.2 Å². The number of morpholine rings is 1. The predicted octanol–water partition coefficient (Wildman–Crippen LogP) is 2.53. The van der Waals surface area contributed by atoms with E-state index in [0.717, 1.165) is 24.7 Å². The molecule has 2 heterocycles. The molecule has 1 aromatic carbocycles. The molecule has 0 aliphatic carbocycles. The number of nitrogens with zero attached hydrogens (tertiary/aromatic N) is 2. The molecule has 156 valence electrons. The van der Waals surface area contributed by atoms with E-state index in [4.69, 9.17) is 21.4 Å². The summed E-state index contributed by atoms with van der Waals surface area (Å²) < 4.78 is 6.46. The van der Waals surface area contributed by atoms with Crippen LogP contribution in [0.15, 0.2) is 34.0 Å². The zero-order valence-corrected chi connectivity index (χ0v) is 18.1. The average Bonchev–Trinajstić information content (AvgIpc) is 3.13. The SMILES string of the molecule is O=C(O)Cc1csc(SCC(=O)NCC2CN(Cc3ccc(Cl)cc3)CCO2)n1. The number of ether oxygens (including phenoxy) is 1. The van der Waals surface area contributed by atoms with Gasteiger partial charge >= 0.3 is 5.97 Å². The van der Waals surface area contributed by atoms with Gasteiger partial charge in [-0.3, -0.25) is 14.5 Å². The highest BCUT2D eigenvalue weighted by atomic mass is 35.5. The van der Waals surface area contributed by atoms with Crippen molar-refractivity contribution in [1.82, 2.24) is 15.2 Å². The van der Waals surface area contributed by atoms with Crippen molar-refractivity contribution in [3.05, 3.63) is 45.9 Å². The molecular weight excluding hydrogens is 434 g/mol. The van der Waals surface area contributed by atoms with Crippen LogP contribution in [0.2, 0.25) is 5.02 Å². The Morgan fingerprint density at radius 2 is 2.17 bits per heavy atom. The van der Waals surface area contributed by atoms with Crippen molar-refractivity contribution in [3.8, 4) is 0 Å². The van der Waals surface area contributed by atoms with E-state index in [-0.39, 0.29) is 24.2 Å². The summed E-state index contributed by atoms with van der Waals surface area (Å²) in [5, 5.41) is 14.1. The van der Waals surface area contributed by atoms with Crippen LogP contribution in [-0.4, -0.2) is 65.0 Å². The number of thioether (sulfide) groups is 1. The molecule has 1 fully saturated rings. The van der Waals surface area contributed by atoms with Crippen molar-refractivity contribution in [1.29, 1.82) is 0 Å². The minimum absolute atomic E-state index is 0.0490. The maximum atomic E-state index is 12.1. The molecule has 1 aliphatic rings. The van der Waals surface area contributed by atoms with Crippen LogP contribution >= 0.6 is 34.7 Å². The van der Waals surface area contributed by atoms with Gasteiger partial charge in [-0.2, -0.15) is 0 Å². The van der Waals surface area contributed by atoms with E-state index in [9.17, 15) is 9.59 Å². The van der Waals surface area contributed by atoms with Gasteiger partial charge in [-0.1, -0.05) is 35.5 Å². The van der Waals surface area contributed by atoms with E-state index in [1.54, 1.807) is 5.38 Å². The van der Waals surface area contributed by atoms with Gasteiger partial charge in [0.25, 0.3) is 0 Å². The van der Waals surface area contributed by atoms with Crippen molar-refractivity contribution in [2.45, 2.75) is 23.4 Å². The minimum atomic E-state index is -0.915. The van der Waals surface area contributed by atoms with Crippen LogP contribution in [0.4, 0.5) is 0 Å². The highest BCUT2D eigenvalue weighted by Crippen LogP contribution is 2.22. The van der Waals surface area contributed by atoms with Gasteiger partial charge in [-0.15, -0.1) is 11.3 Å². The van der Waals surface area contributed by atoms with E-state index >= 15 is 0 Å². The Balaban J connectivity index is 1.37. The van der Waals surface area contributed by atoms with E-state index in [2.05, 4.69) is 15.2 Å². The number of hydrogen-bond acceptors (Lipinski definition) is 7. The van der Waals surface area contributed by atoms with Crippen molar-refractivity contribution in [2.75, 3.05) is 32.0 Å². The predicted molar refractivity (Wildman–Crippen MR) is 114 cm³/mol. The first-order valence-electron chi connectivity index (χ1n) is 9.12. The summed E-state index contributed by atoms with van der Waals surface area (Å²) in [6, 6.07) is 7.82. The van der Waals surface area contributed by atoms with Crippen LogP contribution in [0.3, 0.4) is 0 Å². The molecule has 1 aliphatic heterocycles. The Morgan fingerprint density at radius 1 is 1.38 bits per heavy atom. The smallest absolute Gasteiger partial charge is 0.309 e. The third-order valence-electron chi connectivity index (χ3n) is 4.26. The number of hydrogen-bond donors (Lipinski definition) is 2. The highest BCUT2D eigenvalue weighted by molar-refractivity contribution is 8.01. The molecule has 1 saturated heterocycles. The van der Waals surface area contributed by atoms with Crippen molar-refractivity contribution in [3.63, 3.8) is 0 Å². The van der Waals surface area contributed by atoms with E-state index in [1.807, 2.05) is 24.3 Å². The van der Waals surface area contributed by atoms with E-state index in [1.165, 1.54) is 28.7 Å². The molecule has 1 atom stereocenters. The maximum absolute atomic E-state index is 12.1. The molecule has 2 aromatic rings. The van der Waals surface area contributed by atoms with Crippen LogP contribution in [0.5, 0.6) is 0 Å². The average molecular weight is 456 g/mol. The number of carbonyl (C=O) groups is 2. The third kappa shape index (κ3) is 7.60. The number of nitrogens with one attached hydrogen (secondary N) is 1. The summed E-state index contributed by atoms with van der Waals surface area (Å²) in [6.07, 6.45) is -0.151. The Hall–Kier alpha value is -1.65. The Morgan fingerprint density at radius 3 is 2.93 bits per heavy atom. The van der Waals surface area contributed by atoms with Crippen LogP contribution < -0.4 is 5.32 Å². The Labute approximate surface area is 182 Å². The Kier molecular flexibility index (Phi) is 8.31. The van der Waals surface area contributed by atoms with Crippen LogP contribution in [0, 0.1) is 0 Å².